The maximum absolute atomic E-state index is 2.81. The van der Waals surface area contributed by atoms with Crippen LogP contribution in [0.3, 0.4) is 0 Å². The van der Waals surface area contributed by atoms with Crippen molar-refractivity contribution in [3.05, 3.63) is 0 Å². The molecule has 0 aliphatic heterocycles. The average molecular weight is 413 g/mol. The van der Waals surface area contributed by atoms with E-state index in [1.807, 2.05) is 0 Å². The molecule has 0 radical (unpaired) electrons. The number of fused-ring (bicyclic) bond motifs is 2. The summed E-state index contributed by atoms with van der Waals surface area (Å²) in [5.74, 6) is 4.87. The normalized spacial score (nSPS) is 52.2. The molecule has 172 valence electrons. The van der Waals surface area contributed by atoms with E-state index in [2.05, 4.69) is 48.5 Å². The van der Waals surface area contributed by atoms with Crippen molar-refractivity contribution >= 4 is 0 Å². The highest BCUT2D eigenvalue weighted by atomic mass is 14.9. The van der Waals surface area contributed by atoms with Crippen LogP contribution in [0.5, 0.6) is 0 Å². The molecule has 0 bridgehead atoms. The van der Waals surface area contributed by atoms with Gasteiger partial charge in [-0.15, -0.1) is 0 Å². The standard InChI is InChI=1S/C30H52/c1-21(2)10-8-11-22(3)23-14-17-28(7)25-13-12-24-26(4,5)15-9-16-29(24)20-30(25,29)19-18-27(23,28)6/h21-25H,8-20H2,1-7H3/t22-,23-,24+,25+,27-,28+,29?,30?/m1/s1. The van der Waals surface area contributed by atoms with Crippen LogP contribution in [0.25, 0.3) is 0 Å². The Labute approximate surface area is 188 Å². The van der Waals surface area contributed by atoms with E-state index in [4.69, 9.17) is 0 Å². The van der Waals surface area contributed by atoms with Gasteiger partial charge in [0.1, 0.15) is 0 Å². The molecule has 0 nitrogen and oxygen atoms in total. The largest absolute Gasteiger partial charge is 0.0628 e. The van der Waals surface area contributed by atoms with Crippen LogP contribution >= 0.6 is 0 Å². The molecule has 5 aliphatic rings. The Morgan fingerprint density at radius 1 is 0.700 bits per heavy atom. The maximum Gasteiger partial charge on any atom is -0.0198 e. The molecule has 0 amide bonds. The fourth-order valence-electron chi connectivity index (χ4n) is 11.4. The van der Waals surface area contributed by atoms with Gasteiger partial charge in [-0.25, -0.2) is 0 Å². The second-order valence-corrected chi connectivity index (χ2v) is 14.8. The highest BCUT2D eigenvalue weighted by Crippen LogP contribution is 2.89. The van der Waals surface area contributed by atoms with Gasteiger partial charge in [-0.1, -0.05) is 74.1 Å². The molecule has 5 saturated carbocycles. The average Bonchev–Trinajstić information content (AvgIpc) is 3.23. The van der Waals surface area contributed by atoms with Gasteiger partial charge in [0.15, 0.2) is 0 Å². The van der Waals surface area contributed by atoms with Crippen LogP contribution < -0.4 is 0 Å². The van der Waals surface area contributed by atoms with E-state index in [0.717, 1.165) is 40.4 Å². The summed E-state index contributed by atoms with van der Waals surface area (Å²) in [5.41, 5.74) is 3.37. The van der Waals surface area contributed by atoms with Crippen LogP contribution in [0, 0.1) is 56.7 Å². The predicted molar refractivity (Wildman–Crippen MR) is 129 cm³/mol. The molecule has 2 unspecified atom stereocenters. The first-order chi connectivity index (χ1) is 14.0. The summed E-state index contributed by atoms with van der Waals surface area (Å²) >= 11 is 0. The third-order valence-corrected chi connectivity index (χ3v) is 13.0. The van der Waals surface area contributed by atoms with Crippen molar-refractivity contribution in [2.45, 2.75) is 132 Å². The van der Waals surface area contributed by atoms with Gasteiger partial charge in [-0.05, 0) is 114 Å². The molecule has 5 aliphatic carbocycles. The lowest BCUT2D eigenvalue weighted by Gasteiger charge is -2.63. The van der Waals surface area contributed by atoms with Gasteiger partial charge >= 0.3 is 0 Å². The number of hydrogen-bond acceptors (Lipinski definition) is 0. The lowest BCUT2D eigenvalue weighted by Crippen LogP contribution is -2.56. The zero-order chi connectivity index (χ0) is 21.6. The van der Waals surface area contributed by atoms with Crippen molar-refractivity contribution in [1.29, 1.82) is 0 Å². The van der Waals surface area contributed by atoms with Crippen LogP contribution in [0.2, 0.25) is 0 Å². The first-order valence-corrected chi connectivity index (χ1v) is 14.0. The van der Waals surface area contributed by atoms with Gasteiger partial charge in [0, 0.05) is 0 Å². The maximum atomic E-state index is 2.81. The Balaban J connectivity index is 1.39. The Morgan fingerprint density at radius 2 is 1.40 bits per heavy atom. The summed E-state index contributed by atoms with van der Waals surface area (Å²) in [6, 6.07) is 0. The fraction of sp³-hybridized carbons (Fsp3) is 1.00. The third kappa shape index (κ3) is 2.64. The van der Waals surface area contributed by atoms with Crippen LogP contribution in [-0.2, 0) is 0 Å². The molecule has 5 rings (SSSR count). The molecule has 8 atom stereocenters. The van der Waals surface area contributed by atoms with E-state index in [1.54, 1.807) is 44.9 Å². The number of rotatable bonds is 5. The monoisotopic (exact) mass is 412 g/mol. The Kier molecular flexibility index (Phi) is 4.92. The minimum absolute atomic E-state index is 0.609. The first-order valence-electron chi connectivity index (χ1n) is 14.0. The fourth-order valence-corrected chi connectivity index (χ4v) is 11.4. The van der Waals surface area contributed by atoms with E-state index in [0.29, 0.717) is 16.2 Å². The molecule has 0 heteroatoms. The van der Waals surface area contributed by atoms with Gasteiger partial charge in [0.2, 0.25) is 0 Å². The van der Waals surface area contributed by atoms with Crippen LogP contribution in [0.4, 0.5) is 0 Å². The van der Waals surface area contributed by atoms with Crippen molar-refractivity contribution < 1.29 is 0 Å². The van der Waals surface area contributed by atoms with Crippen LogP contribution in [-0.4, -0.2) is 0 Å². The molecule has 0 aromatic heterocycles. The molecule has 0 aromatic carbocycles. The SMILES string of the molecule is CC(C)CCC[C@@H](C)[C@H]1CC[C@@]2(C)[C@@H]3CC[C@H]4C(C)(C)CCCC45CC35CC[C@]12C. The highest BCUT2D eigenvalue weighted by Gasteiger charge is 2.81. The summed E-state index contributed by atoms with van der Waals surface area (Å²) in [6.07, 6.45) is 19.9. The summed E-state index contributed by atoms with van der Waals surface area (Å²) in [6.45, 7) is 18.3. The highest BCUT2D eigenvalue weighted by molar-refractivity contribution is 5.30. The smallest absolute Gasteiger partial charge is 0.0198 e. The molecule has 0 heterocycles. The summed E-state index contributed by atoms with van der Waals surface area (Å²) in [7, 11) is 0. The van der Waals surface area contributed by atoms with E-state index >= 15 is 0 Å². The van der Waals surface area contributed by atoms with Gasteiger partial charge in [0.25, 0.3) is 0 Å². The molecule has 0 saturated heterocycles. The molecule has 30 heavy (non-hydrogen) atoms. The second kappa shape index (κ2) is 6.76. The summed E-state index contributed by atoms with van der Waals surface area (Å²) in [4.78, 5) is 0. The van der Waals surface area contributed by atoms with Crippen LogP contribution in [0.15, 0.2) is 0 Å². The van der Waals surface area contributed by atoms with Crippen LogP contribution in [0.1, 0.15) is 132 Å². The van der Waals surface area contributed by atoms with Gasteiger partial charge in [-0.2, -0.15) is 0 Å². The second-order valence-electron chi connectivity index (χ2n) is 14.8. The molecule has 0 N–H and O–H groups in total. The van der Waals surface area contributed by atoms with E-state index in [9.17, 15) is 0 Å². The Hall–Kier alpha value is 0. The zero-order valence-electron chi connectivity index (χ0n) is 21.6. The minimum atomic E-state index is 0.609. The lowest BCUT2D eigenvalue weighted by atomic mass is 9.42. The molecule has 2 spiro atoms. The molecular formula is C30H52. The minimum Gasteiger partial charge on any atom is -0.0628 e. The van der Waals surface area contributed by atoms with Crippen molar-refractivity contribution in [2.24, 2.45) is 56.7 Å². The van der Waals surface area contributed by atoms with E-state index < -0.39 is 0 Å². The van der Waals surface area contributed by atoms with E-state index in [1.165, 1.54) is 38.5 Å². The molecule has 0 aromatic rings. The summed E-state index contributed by atoms with van der Waals surface area (Å²) < 4.78 is 0. The van der Waals surface area contributed by atoms with Crippen molar-refractivity contribution in [3.63, 3.8) is 0 Å². The third-order valence-electron chi connectivity index (χ3n) is 13.0. The van der Waals surface area contributed by atoms with Gasteiger partial charge in [0.05, 0.1) is 0 Å². The lowest BCUT2D eigenvalue weighted by molar-refractivity contribution is -0.142. The van der Waals surface area contributed by atoms with Gasteiger partial charge in [-0.3, -0.25) is 0 Å². The predicted octanol–water partition coefficient (Wildman–Crippen LogP) is 9.28. The van der Waals surface area contributed by atoms with Crippen molar-refractivity contribution in [2.75, 3.05) is 0 Å². The number of hydrogen-bond donors (Lipinski definition) is 0. The quantitative estimate of drug-likeness (QED) is 0.422. The van der Waals surface area contributed by atoms with Crippen molar-refractivity contribution in [1.82, 2.24) is 0 Å². The summed E-state index contributed by atoms with van der Waals surface area (Å²) in [5, 5.41) is 0. The molecule has 5 fully saturated rings. The molecular weight excluding hydrogens is 360 g/mol. The van der Waals surface area contributed by atoms with E-state index in [-0.39, 0.29) is 0 Å². The van der Waals surface area contributed by atoms with Gasteiger partial charge < -0.3 is 0 Å². The first kappa shape index (κ1) is 21.8. The zero-order valence-corrected chi connectivity index (χ0v) is 21.6. The Morgan fingerprint density at radius 3 is 2.13 bits per heavy atom. The van der Waals surface area contributed by atoms with Crippen molar-refractivity contribution in [3.8, 4) is 0 Å². The topological polar surface area (TPSA) is 0 Å². The Bertz CT molecular complexity index is 674.